The molecule has 0 spiro atoms. The van der Waals surface area contributed by atoms with Gasteiger partial charge in [0.05, 0.1) is 0 Å². The van der Waals surface area contributed by atoms with Crippen molar-refractivity contribution < 1.29 is 13.3 Å². The van der Waals surface area contributed by atoms with Gasteiger partial charge in [0.2, 0.25) is 0 Å². The lowest BCUT2D eigenvalue weighted by atomic mass is 10.2. The second kappa shape index (κ2) is 9.25. The molecule has 0 fully saturated rings. The maximum atomic E-state index is 6.14. The maximum Gasteiger partial charge on any atom is 0.505 e. The Morgan fingerprint density at radius 1 is 0.818 bits per heavy atom. The van der Waals surface area contributed by atoms with Crippen molar-refractivity contribution in [3.05, 3.63) is 42.0 Å². The molecule has 0 aliphatic carbocycles. The summed E-state index contributed by atoms with van der Waals surface area (Å²) < 4.78 is 18.4. The second-order valence-corrected chi connectivity index (χ2v) is 8.68. The molecule has 124 valence electrons. The van der Waals surface area contributed by atoms with E-state index in [9.17, 15) is 0 Å². The van der Waals surface area contributed by atoms with E-state index in [-0.39, 0.29) is 18.3 Å². The van der Waals surface area contributed by atoms with Gasteiger partial charge < -0.3 is 13.3 Å². The van der Waals surface area contributed by atoms with E-state index >= 15 is 0 Å². The molecule has 0 aromatic heterocycles. The van der Waals surface area contributed by atoms with Crippen LogP contribution >= 0.6 is 0 Å². The van der Waals surface area contributed by atoms with Crippen LogP contribution in [-0.4, -0.2) is 27.1 Å². The van der Waals surface area contributed by atoms with Gasteiger partial charge in [-0.2, -0.15) is 0 Å². The zero-order chi connectivity index (χ0) is 16.6. The monoisotopic (exact) mass is 322 g/mol. The van der Waals surface area contributed by atoms with Crippen molar-refractivity contribution in [2.75, 3.05) is 0 Å². The van der Waals surface area contributed by atoms with Crippen LogP contribution in [0.15, 0.2) is 36.4 Å². The van der Waals surface area contributed by atoms with E-state index in [1.165, 1.54) is 5.56 Å². The van der Waals surface area contributed by atoms with Crippen molar-refractivity contribution in [2.24, 2.45) is 0 Å². The van der Waals surface area contributed by atoms with Gasteiger partial charge in [-0.3, -0.25) is 0 Å². The summed E-state index contributed by atoms with van der Waals surface area (Å²) in [5.74, 6) is 0. The van der Waals surface area contributed by atoms with Gasteiger partial charge in [-0.25, -0.2) is 0 Å². The molecule has 1 aromatic carbocycles. The summed E-state index contributed by atoms with van der Waals surface area (Å²) in [5.41, 5.74) is 1.17. The molecule has 1 aromatic rings. The smallest absolute Gasteiger partial charge is 0.371 e. The molecule has 22 heavy (non-hydrogen) atoms. The first-order chi connectivity index (χ1) is 10.3. The third-order valence-corrected chi connectivity index (χ3v) is 5.95. The lowest BCUT2D eigenvalue weighted by Crippen LogP contribution is -2.50. The predicted molar refractivity (Wildman–Crippen MR) is 94.7 cm³/mol. The lowest BCUT2D eigenvalue weighted by Gasteiger charge is -2.33. The molecular weight excluding hydrogens is 292 g/mol. The van der Waals surface area contributed by atoms with Crippen molar-refractivity contribution in [3.63, 3.8) is 0 Å². The van der Waals surface area contributed by atoms with E-state index in [1.54, 1.807) is 0 Å². The average Bonchev–Trinajstić information content (AvgIpc) is 2.37. The summed E-state index contributed by atoms with van der Waals surface area (Å²) in [5, 5.41) is 0. The minimum absolute atomic E-state index is 0.0780. The summed E-state index contributed by atoms with van der Waals surface area (Å²) in [6, 6.07) is 10.9. The largest absolute Gasteiger partial charge is 0.505 e. The first-order valence-electron chi connectivity index (χ1n) is 8.08. The normalized spacial score (nSPS) is 13.0. The second-order valence-electron chi connectivity index (χ2n) is 6.20. The minimum atomic E-state index is -2.73. The lowest BCUT2D eigenvalue weighted by molar-refractivity contribution is 0.00557. The van der Waals surface area contributed by atoms with Crippen LogP contribution in [0.25, 0.3) is 6.08 Å². The molecule has 0 radical (unpaired) electrons. The Hall–Kier alpha value is -0.943. The Kier molecular flexibility index (Phi) is 8.04. The van der Waals surface area contributed by atoms with Crippen molar-refractivity contribution >= 4 is 14.9 Å². The fourth-order valence-electron chi connectivity index (χ4n) is 2.21. The van der Waals surface area contributed by atoms with Crippen LogP contribution in [0.5, 0.6) is 0 Å². The highest BCUT2D eigenvalue weighted by Gasteiger charge is 2.43. The molecule has 1 rings (SSSR count). The van der Waals surface area contributed by atoms with Crippen molar-refractivity contribution in [3.8, 4) is 0 Å². The van der Waals surface area contributed by atoms with E-state index in [2.05, 4.69) is 24.3 Å². The number of benzene rings is 1. The van der Waals surface area contributed by atoms with Crippen LogP contribution in [0, 0.1) is 0 Å². The summed E-state index contributed by atoms with van der Waals surface area (Å²) in [6.45, 7) is 12.1. The van der Waals surface area contributed by atoms with Crippen LogP contribution in [0.2, 0.25) is 6.04 Å². The van der Waals surface area contributed by atoms with Crippen molar-refractivity contribution in [1.82, 2.24) is 0 Å². The molecule has 4 heteroatoms. The van der Waals surface area contributed by atoms with Gasteiger partial charge in [-0.15, -0.1) is 0 Å². The Labute approximate surface area is 136 Å². The van der Waals surface area contributed by atoms with Crippen LogP contribution in [0.1, 0.15) is 47.1 Å². The SMILES string of the molecule is CC(C)O[Si](CC=Cc1ccccc1)(OC(C)C)OC(C)C. The maximum absolute atomic E-state index is 6.14. The van der Waals surface area contributed by atoms with Gasteiger partial charge in [0, 0.05) is 24.4 Å². The Morgan fingerprint density at radius 2 is 1.27 bits per heavy atom. The molecule has 0 atom stereocenters. The zero-order valence-electron chi connectivity index (χ0n) is 14.7. The number of allylic oxidation sites excluding steroid dienone is 1. The first kappa shape index (κ1) is 19.1. The van der Waals surface area contributed by atoms with E-state index in [0.717, 1.165) is 0 Å². The zero-order valence-corrected chi connectivity index (χ0v) is 15.7. The standard InChI is InChI=1S/C18H30O3Si/c1-15(2)19-22(20-16(3)4,21-17(5)6)14-10-13-18-11-8-7-9-12-18/h7-13,15-17H,14H2,1-6H3. The number of hydrogen-bond donors (Lipinski definition) is 0. The summed E-state index contributed by atoms with van der Waals surface area (Å²) in [4.78, 5) is 0. The first-order valence-corrected chi connectivity index (χ1v) is 10.0. The van der Waals surface area contributed by atoms with Gasteiger partial charge in [-0.1, -0.05) is 42.5 Å². The van der Waals surface area contributed by atoms with Crippen molar-refractivity contribution in [2.45, 2.75) is 65.9 Å². The third-order valence-electron chi connectivity index (χ3n) is 2.72. The van der Waals surface area contributed by atoms with E-state index in [4.69, 9.17) is 13.3 Å². The topological polar surface area (TPSA) is 27.7 Å². The molecule has 0 saturated heterocycles. The van der Waals surface area contributed by atoms with E-state index in [1.807, 2.05) is 59.7 Å². The summed E-state index contributed by atoms with van der Waals surface area (Å²) >= 11 is 0. The predicted octanol–water partition coefficient (Wildman–Crippen LogP) is 4.91. The number of rotatable bonds is 9. The minimum Gasteiger partial charge on any atom is -0.371 e. The van der Waals surface area contributed by atoms with Crippen LogP contribution in [0.4, 0.5) is 0 Å². The van der Waals surface area contributed by atoms with E-state index in [0.29, 0.717) is 6.04 Å². The molecule has 0 unspecified atom stereocenters. The van der Waals surface area contributed by atoms with Gasteiger partial charge >= 0.3 is 8.80 Å². The highest BCUT2D eigenvalue weighted by atomic mass is 28.4. The molecule has 3 nitrogen and oxygen atoms in total. The Morgan fingerprint density at radius 3 is 1.68 bits per heavy atom. The van der Waals surface area contributed by atoms with Crippen LogP contribution < -0.4 is 0 Å². The van der Waals surface area contributed by atoms with Gasteiger partial charge in [0.15, 0.2) is 0 Å². The fraction of sp³-hybridized carbons (Fsp3) is 0.556. The molecule has 0 N–H and O–H groups in total. The molecule has 0 aliphatic heterocycles. The van der Waals surface area contributed by atoms with Gasteiger partial charge in [0.1, 0.15) is 0 Å². The third kappa shape index (κ3) is 7.36. The molecule has 0 aliphatic rings. The molecule has 0 heterocycles. The number of hydrogen-bond acceptors (Lipinski definition) is 3. The molecule has 0 amide bonds. The van der Waals surface area contributed by atoms with Crippen LogP contribution in [0.3, 0.4) is 0 Å². The van der Waals surface area contributed by atoms with Crippen LogP contribution in [-0.2, 0) is 13.3 Å². The molecule has 0 bridgehead atoms. The Balaban J connectivity index is 2.88. The van der Waals surface area contributed by atoms with Gasteiger partial charge in [0.25, 0.3) is 0 Å². The molecular formula is C18H30O3Si. The van der Waals surface area contributed by atoms with Crippen molar-refractivity contribution in [1.29, 1.82) is 0 Å². The fourth-order valence-corrected chi connectivity index (χ4v) is 5.23. The van der Waals surface area contributed by atoms with Gasteiger partial charge in [-0.05, 0) is 47.1 Å². The summed E-state index contributed by atoms with van der Waals surface area (Å²) in [7, 11) is -2.73. The molecule has 0 saturated carbocycles. The Bertz CT molecular complexity index is 414. The quantitative estimate of drug-likeness (QED) is 0.604. The average molecular weight is 323 g/mol. The summed E-state index contributed by atoms with van der Waals surface area (Å²) in [6.07, 6.45) is 4.44. The van der Waals surface area contributed by atoms with E-state index < -0.39 is 8.80 Å². The highest BCUT2D eigenvalue weighted by Crippen LogP contribution is 2.23. The highest BCUT2D eigenvalue weighted by molar-refractivity contribution is 6.61.